The smallest absolute Gasteiger partial charge is 0.208 e. The van der Waals surface area contributed by atoms with Gasteiger partial charge in [-0.25, -0.2) is 4.39 Å². The molecule has 2 nitrogen and oxygen atoms in total. The van der Waals surface area contributed by atoms with Crippen molar-refractivity contribution in [1.29, 1.82) is 0 Å². The Morgan fingerprint density at radius 1 is 1.55 bits per heavy atom. The number of hydrogen-bond donors (Lipinski definition) is 1. The Morgan fingerprint density at radius 2 is 2.09 bits per heavy atom. The maximum atomic E-state index is 12.1. The third-order valence-corrected chi connectivity index (χ3v) is 0.849. The molecule has 1 aromatic carbocycles. The largest absolute Gasteiger partial charge is 0.399 e. The number of halogens is 2. The van der Waals surface area contributed by atoms with Crippen LogP contribution < -0.4 is 5.73 Å². The van der Waals surface area contributed by atoms with E-state index >= 15 is 0 Å². The van der Waals surface area contributed by atoms with Crippen molar-refractivity contribution in [2.75, 3.05) is 5.73 Å². The van der Waals surface area contributed by atoms with Gasteiger partial charge in [0.25, 0.3) is 0 Å². The Morgan fingerprint density at radius 3 is 2.36 bits per heavy atom. The van der Waals surface area contributed by atoms with Crippen molar-refractivity contribution in [2.24, 2.45) is 0 Å². The molecular weight excluding hydrogens is 169 g/mol. The highest BCUT2D eigenvalue weighted by Crippen LogP contribution is 2.02. The van der Waals surface area contributed by atoms with Crippen molar-refractivity contribution in [2.45, 2.75) is 0 Å². The predicted octanol–water partition coefficient (Wildman–Crippen LogP) is 1.82. The van der Waals surface area contributed by atoms with Gasteiger partial charge in [-0.15, -0.1) is 0 Å². The number of benzene rings is 1. The van der Waals surface area contributed by atoms with Crippen molar-refractivity contribution in [3.05, 3.63) is 30.1 Å². The molecule has 0 spiro atoms. The first-order valence-electron chi connectivity index (χ1n) is 2.75. The number of anilines is 1. The molecule has 4 heteroatoms. The SMILES string of the molecule is Nc1cccc(F)c1.O=CCl. The van der Waals surface area contributed by atoms with Crippen LogP contribution in [0.1, 0.15) is 0 Å². The van der Waals surface area contributed by atoms with Crippen molar-refractivity contribution in [1.82, 2.24) is 0 Å². The van der Waals surface area contributed by atoms with E-state index in [4.69, 9.17) is 10.5 Å². The van der Waals surface area contributed by atoms with Crippen LogP contribution in [0.5, 0.6) is 0 Å². The first-order chi connectivity index (χ1) is 5.20. The molecule has 0 amide bonds. The summed E-state index contributed by atoms with van der Waals surface area (Å²) in [6.07, 6.45) is 0. The number of hydrogen-bond acceptors (Lipinski definition) is 2. The summed E-state index contributed by atoms with van der Waals surface area (Å²) in [5.74, 6) is -0.0648. The van der Waals surface area contributed by atoms with Gasteiger partial charge in [0.15, 0.2) is 0 Å². The topological polar surface area (TPSA) is 43.1 Å². The Labute approximate surface area is 68.8 Å². The zero-order chi connectivity index (χ0) is 8.69. The van der Waals surface area contributed by atoms with Gasteiger partial charge >= 0.3 is 0 Å². The van der Waals surface area contributed by atoms with Crippen LogP contribution in [-0.2, 0) is 4.79 Å². The number of nitrogens with two attached hydrogens (primary N) is 1. The van der Waals surface area contributed by atoms with Crippen molar-refractivity contribution in [3.63, 3.8) is 0 Å². The fourth-order valence-electron chi connectivity index (χ4n) is 0.507. The predicted molar refractivity (Wildman–Crippen MR) is 43.4 cm³/mol. The van der Waals surface area contributed by atoms with E-state index in [0.717, 1.165) is 0 Å². The maximum absolute atomic E-state index is 12.1. The summed E-state index contributed by atoms with van der Waals surface area (Å²) in [7, 11) is 0. The highest BCUT2D eigenvalue weighted by molar-refractivity contribution is 6.54. The Hall–Kier alpha value is -1.09. The summed E-state index contributed by atoms with van der Waals surface area (Å²) in [5.41, 5.74) is 5.68. The molecular formula is C7H7ClFNO. The van der Waals surface area contributed by atoms with Crippen LogP contribution in [0, 0.1) is 5.82 Å². The van der Waals surface area contributed by atoms with Crippen LogP contribution >= 0.6 is 11.6 Å². The van der Waals surface area contributed by atoms with Gasteiger partial charge in [0.05, 0.1) is 0 Å². The molecule has 0 unspecified atom stereocenters. The summed E-state index contributed by atoms with van der Waals surface area (Å²) in [5, 5.41) is 0. The number of carbonyl (C=O) groups is 1. The van der Waals surface area contributed by atoms with Crippen molar-refractivity contribution in [3.8, 4) is 0 Å². The average molecular weight is 176 g/mol. The molecule has 0 bridgehead atoms. The molecule has 0 saturated carbocycles. The molecule has 0 radical (unpaired) electrons. The van der Waals surface area contributed by atoms with Gasteiger partial charge in [0, 0.05) is 5.69 Å². The minimum absolute atomic E-state index is 0.222. The summed E-state index contributed by atoms with van der Waals surface area (Å²) in [6, 6.07) is 5.85. The normalized spacial score (nSPS) is 7.82. The van der Waals surface area contributed by atoms with Gasteiger partial charge in [-0.1, -0.05) is 6.07 Å². The number of rotatable bonds is 0. The second-order valence-electron chi connectivity index (χ2n) is 1.64. The van der Waals surface area contributed by atoms with E-state index in [1.807, 2.05) is 0 Å². The second-order valence-corrected chi connectivity index (χ2v) is 1.82. The molecule has 0 saturated heterocycles. The van der Waals surface area contributed by atoms with Crippen LogP contribution in [-0.4, -0.2) is 5.75 Å². The standard InChI is InChI=1S/C6H6FN.CHClO/c7-5-2-1-3-6(8)4-5;2-1-3/h1-4H,8H2;1H. The summed E-state index contributed by atoms with van der Waals surface area (Å²) < 4.78 is 12.1. The van der Waals surface area contributed by atoms with Crippen LogP contribution in [0.2, 0.25) is 0 Å². The fraction of sp³-hybridized carbons (Fsp3) is 0. The second kappa shape index (κ2) is 5.68. The van der Waals surface area contributed by atoms with Gasteiger partial charge in [-0.2, -0.15) is 0 Å². The maximum Gasteiger partial charge on any atom is 0.208 e. The van der Waals surface area contributed by atoms with Crippen LogP contribution in [0.25, 0.3) is 0 Å². The quantitative estimate of drug-likeness (QED) is 0.371. The molecule has 0 heterocycles. The van der Waals surface area contributed by atoms with E-state index in [1.165, 1.54) is 12.1 Å². The molecule has 2 N–H and O–H groups in total. The van der Waals surface area contributed by atoms with Crippen LogP contribution in [0.4, 0.5) is 10.1 Å². The lowest BCUT2D eigenvalue weighted by Gasteiger charge is -1.88. The number of nitrogen functional groups attached to an aromatic ring is 1. The highest BCUT2D eigenvalue weighted by Gasteiger charge is 1.85. The van der Waals surface area contributed by atoms with E-state index in [2.05, 4.69) is 11.6 Å². The minimum Gasteiger partial charge on any atom is -0.399 e. The molecule has 11 heavy (non-hydrogen) atoms. The molecule has 60 valence electrons. The monoisotopic (exact) mass is 175 g/mol. The zero-order valence-corrected chi connectivity index (χ0v) is 6.38. The van der Waals surface area contributed by atoms with Gasteiger partial charge < -0.3 is 5.73 Å². The third kappa shape index (κ3) is 5.36. The van der Waals surface area contributed by atoms with Gasteiger partial charge in [0.2, 0.25) is 5.75 Å². The molecule has 1 rings (SSSR count). The Kier molecular flexibility index (Phi) is 5.11. The Bertz CT molecular complexity index is 212. The average Bonchev–Trinajstić information content (AvgIpc) is 1.88. The summed E-state index contributed by atoms with van der Waals surface area (Å²) in [4.78, 5) is 8.57. The number of carbonyl (C=O) groups excluding carboxylic acids is 1. The lowest BCUT2D eigenvalue weighted by atomic mass is 10.3. The minimum atomic E-state index is -0.287. The van der Waals surface area contributed by atoms with Crippen LogP contribution in [0.15, 0.2) is 24.3 Å². The Balaban J connectivity index is 0.000000292. The van der Waals surface area contributed by atoms with E-state index in [0.29, 0.717) is 5.69 Å². The molecule has 0 aliphatic carbocycles. The van der Waals surface area contributed by atoms with Crippen molar-refractivity contribution < 1.29 is 9.18 Å². The fourth-order valence-corrected chi connectivity index (χ4v) is 0.507. The lowest BCUT2D eigenvalue weighted by Crippen LogP contribution is -1.83. The van der Waals surface area contributed by atoms with E-state index in [9.17, 15) is 4.39 Å². The first kappa shape index (κ1) is 9.91. The van der Waals surface area contributed by atoms with Gasteiger partial charge in [-0.3, -0.25) is 4.79 Å². The summed E-state index contributed by atoms with van der Waals surface area (Å²) in [6.45, 7) is 0. The molecule has 0 fully saturated rings. The third-order valence-electron chi connectivity index (χ3n) is 0.849. The molecule has 1 aromatic rings. The highest BCUT2D eigenvalue weighted by atomic mass is 35.5. The molecule has 0 aliphatic heterocycles. The molecule has 0 aliphatic rings. The zero-order valence-electron chi connectivity index (χ0n) is 5.63. The van der Waals surface area contributed by atoms with Gasteiger partial charge in [0.1, 0.15) is 5.82 Å². The molecule has 0 atom stereocenters. The lowest BCUT2D eigenvalue weighted by molar-refractivity contribution is 0.569. The van der Waals surface area contributed by atoms with Crippen molar-refractivity contribution >= 4 is 23.0 Å². The van der Waals surface area contributed by atoms with E-state index < -0.39 is 0 Å². The van der Waals surface area contributed by atoms with Gasteiger partial charge in [-0.05, 0) is 29.8 Å². The first-order valence-corrected chi connectivity index (χ1v) is 3.19. The van der Waals surface area contributed by atoms with Crippen LogP contribution in [0.3, 0.4) is 0 Å². The summed E-state index contributed by atoms with van der Waals surface area (Å²) >= 11 is 4.32. The molecule has 0 aromatic heterocycles. The van der Waals surface area contributed by atoms with E-state index in [1.54, 1.807) is 12.1 Å². The van der Waals surface area contributed by atoms with E-state index in [-0.39, 0.29) is 11.6 Å².